The molecule has 0 aliphatic carbocycles. The first-order valence-electron chi connectivity index (χ1n) is 4.34. The van der Waals surface area contributed by atoms with Gasteiger partial charge in [0.2, 0.25) is 5.88 Å². The molecule has 2 rings (SSSR count). The number of aromatic nitrogens is 2. The molecule has 1 aliphatic heterocycles. The van der Waals surface area contributed by atoms with E-state index in [4.69, 9.17) is 4.74 Å². The van der Waals surface area contributed by atoms with Crippen LogP contribution in [-0.2, 0) is 6.18 Å². The van der Waals surface area contributed by atoms with E-state index < -0.39 is 11.9 Å². The molecule has 1 aromatic heterocycles. The van der Waals surface area contributed by atoms with Crippen molar-refractivity contribution in [3.05, 3.63) is 17.8 Å². The van der Waals surface area contributed by atoms with Crippen LogP contribution in [0, 0.1) is 0 Å². The van der Waals surface area contributed by atoms with Crippen LogP contribution >= 0.6 is 0 Å². The molecule has 0 radical (unpaired) electrons. The third-order valence-electron chi connectivity index (χ3n) is 1.96. The summed E-state index contributed by atoms with van der Waals surface area (Å²) in [5.74, 6) is 0.120. The Balaban J connectivity index is 2.03. The topological polar surface area (TPSA) is 47.0 Å². The first kappa shape index (κ1) is 10.2. The van der Waals surface area contributed by atoms with Crippen molar-refractivity contribution in [2.75, 3.05) is 13.1 Å². The van der Waals surface area contributed by atoms with Crippen molar-refractivity contribution in [2.24, 2.45) is 0 Å². The van der Waals surface area contributed by atoms with E-state index in [-0.39, 0.29) is 12.0 Å². The Bertz CT molecular complexity index is 334. The van der Waals surface area contributed by atoms with E-state index in [1.807, 2.05) is 0 Å². The van der Waals surface area contributed by atoms with Crippen LogP contribution in [0.3, 0.4) is 0 Å². The molecule has 15 heavy (non-hydrogen) atoms. The highest BCUT2D eigenvalue weighted by atomic mass is 19.4. The summed E-state index contributed by atoms with van der Waals surface area (Å²) in [6, 6.07) is 2.03. The van der Waals surface area contributed by atoms with Crippen molar-refractivity contribution in [3.63, 3.8) is 0 Å². The number of hydrogen-bond acceptors (Lipinski definition) is 4. The maximum atomic E-state index is 12.1. The summed E-state index contributed by atoms with van der Waals surface area (Å²) >= 11 is 0. The zero-order valence-corrected chi connectivity index (χ0v) is 7.58. The number of halogens is 3. The second-order valence-electron chi connectivity index (χ2n) is 3.15. The number of hydrogen-bond donors (Lipinski definition) is 1. The van der Waals surface area contributed by atoms with Gasteiger partial charge in [-0.1, -0.05) is 0 Å². The molecule has 1 fully saturated rings. The molecule has 0 bridgehead atoms. The largest absolute Gasteiger partial charge is 0.471 e. The Kier molecular flexibility index (Phi) is 2.47. The number of rotatable bonds is 2. The number of nitrogens with zero attached hydrogens (tertiary/aromatic N) is 2. The van der Waals surface area contributed by atoms with Gasteiger partial charge < -0.3 is 10.1 Å². The minimum Gasteiger partial charge on any atom is -0.471 e. The van der Waals surface area contributed by atoms with Crippen LogP contribution in [0.1, 0.15) is 5.69 Å². The summed E-state index contributed by atoms with van der Waals surface area (Å²) < 4.78 is 41.5. The fourth-order valence-corrected chi connectivity index (χ4v) is 1.05. The lowest BCUT2D eigenvalue weighted by Gasteiger charge is -2.26. The first-order chi connectivity index (χ1) is 7.05. The van der Waals surface area contributed by atoms with Gasteiger partial charge in [0.05, 0.1) is 0 Å². The quantitative estimate of drug-likeness (QED) is 0.800. The van der Waals surface area contributed by atoms with Crippen LogP contribution in [0.25, 0.3) is 0 Å². The van der Waals surface area contributed by atoms with E-state index >= 15 is 0 Å². The summed E-state index contributed by atoms with van der Waals surface area (Å²) in [7, 11) is 0. The molecule has 1 saturated heterocycles. The van der Waals surface area contributed by atoms with E-state index in [0.717, 1.165) is 6.07 Å². The molecule has 0 saturated carbocycles. The third-order valence-corrected chi connectivity index (χ3v) is 1.96. The second kappa shape index (κ2) is 3.65. The van der Waals surface area contributed by atoms with Gasteiger partial charge in [-0.15, -0.1) is 10.2 Å². The average molecular weight is 219 g/mol. The van der Waals surface area contributed by atoms with E-state index in [0.29, 0.717) is 13.1 Å². The van der Waals surface area contributed by atoms with E-state index in [1.54, 1.807) is 0 Å². The Morgan fingerprint density at radius 3 is 2.40 bits per heavy atom. The molecule has 0 spiro atoms. The van der Waals surface area contributed by atoms with Gasteiger partial charge >= 0.3 is 6.18 Å². The highest BCUT2D eigenvalue weighted by Crippen LogP contribution is 2.27. The molecule has 4 nitrogen and oxygen atoms in total. The molecule has 1 aliphatic rings. The van der Waals surface area contributed by atoms with Crippen molar-refractivity contribution in [1.82, 2.24) is 15.5 Å². The molecule has 0 amide bonds. The molecule has 82 valence electrons. The monoisotopic (exact) mass is 219 g/mol. The SMILES string of the molecule is FC(F)(F)c1ccc(OC2CNC2)nn1. The minimum absolute atomic E-state index is 0.0176. The normalized spacial score (nSPS) is 17.3. The summed E-state index contributed by atoms with van der Waals surface area (Å²) in [5.41, 5.74) is -1.01. The minimum atomic E-state index is -4.45. The van der Waals surface area contributed by atoms with Crippen molar-refractivity contribution in [2.45, 2.75) is 12.3 Å². The smallest absolute Gasteiger partial charge is 0.435 e. The number of ether oxygens (including phenoxy) is 1. The van der Waals surface area contributed by atoms with Crippen LogP contribution in [0.15, 0.2) is 12.1 Å². The lowest BCUT2D eigenvalue weighted by atomic mass is 10.2. The average Bonchev–Trinajstić information content (AvgIpc) is 2.11. The Morgan fingerprint density at radius 1 is 1.27 bits per heavy atom. The Morgan fingerprint density at radius 2 is 2.00 bits per heavy atom. The van der Waals surface area contributed by atoms with E-state index in [9.17, 15) is 13.2 Å². The molecule has 7 heteroatoms. The number of alkyl halides is 3. The molecule has 0 atom stereocenters. The van der Waals surface area contributed by atoms with Gasteiger partial charge in [0.15, 0.2) is 5.69 Å². The van der Waals surface area contributed by atoms with Gasteiger partial charge in [0, 0.05) is 19.2 Å². The van der Waals surface area contributed by atoms with Crippen molar-refractivity contribution < 1.29 is 17.9 Å². The van der Waals surface area contributed by atoms with E-state index in [1.165, 1.54) is 6.07 Å². The predicted octanol–water partition coefficient (Wildman–Crippen LogP) is 0.846. The fraction of sp³-hybridized carbons (Fsp3) is 0.500. The van der Waals surface area contributed by atoms with Crippen molar-refractivity contribution in [3.8, 4) is 5.88 Å². The molecule has 2 heterocycles. The Labute approximate surface area is 83.5 Å². The van der Waals surface area contributed by atoms with Crippen LogP contribution in [-0.4, -0.2) is 29.4 Å². The number of nitrogens with one attached hydrogen (secondary N) is 1. The maximum absolute atomic E-state index is 12.1. The van der Waals surface area contributed by atoms with Gasteiger partial charge in [-0.25, -0.2) is 0 Å². The van der Waals surface area contributed by atoms with Gasteiger partial charge in [0.1, 0.15) is 6.10 Å². The predicted molar refractivity (Wildman–Crippen MR) is 44.3 cm³/mol. The van der Waals surface area contributed by atoms with Crippen LogP contribution < -0.4 is 10.1 Å². The maximum Gasteiger partial charge on any atom is 0.435 e. The molecule has 0 unspecified atom stereocenters. The summed E-state index contributed by atoms with van der Waals surface area (Å²) in [4.78, 5) is 0. The Hall–Kier alpha value is -1.37. The summed E-state index contributed by atoms with van der Waals surface area (Å²) in [5, 5.41) is 9.35. The molecule has 0 aromatic carbocycles. The lowest BCUT2D eigenvalue weighted by molar-refractivity contribution is -0.141. The molecule has 1 N–H and O–H groups in total. The van der Waals surface area contributed by atoms with Gasteiger partial charge in [-0.05, 0) is 6.07 Å². The first-order valence-corrected chi connectivity index (χ1v) is 4.34. The summed E-state index contributed by atoms with van der Waals surface area (Å²) in [6.45, 7) is 1.37. The molecular weight excluding hydrogens is 211 g/mol. The van der Waals surface area contributed by atoms with Crippen molar-refractivity contribution >= 4 is 0 Å². The van der Waals surface area contributed by atoms with Gasteiger partial charge in [-0.2, -0.15) is 13.2 Å². The van der Waals surface area contributed by atoms with Crippen LogP contribution in [0.5, 0.6) is 5.88 Å². The molecule has 1 aromatic rings. The summed E-state index contributed by atoms with van der Waals surface area (Å²) in [6.07, 6.45) is -4.47. The fourth-order valence-electron chi connectivity index (χ4n) is 1.05. The van der Waals surface area contributed by atoms with Crippen LogP contribution in [0.4, 0.5) is 13.2 Å². The second-order valence-corrected chi connectivity index (χ2v) is 3.15. The highest BCUT2D eigenvalue weighted by Gasteiger charge is 2.33. The van der Waals surface area contributed by atoms with Gasteiger partial charge in [-0.3, -0.25) is 0 Å². The lowest BCUT2D eigenvalue weighted by Crippen LogP contribution is -2.50. The van der Waals surface area contributed by atoms with Gasteiger partial charge in [0.25, 0.3) is 0 Å². The molecular formula is C8H8F3N3O. The zero-order chi connectivity index (χ0) is 10.9. The van der Waals surface area contributed by atoms with Crippen LogP contribution in [0.2, 0.25) is 0 Å². The highest BCUT2D eigenvalue weighted by molar-refractivity contribution is 5.14. The van der Waals surface area contributed by atoms with E-state index in [2.05, 4.69) is 15.5 Å². The standard InChI is InChI=1S/C8H8F3N3O/c9-8(10,11)6-1-2-7(14-13-6)15-5-3-12-4-5/h1-2,5,12H,3-4H2. The third kappa shape index (κ3) is 2.35. The zero-order valence-electron chi connectivity index (χ0n) is 7.58. The van der Waals surface area contributed by atoms with Crippen molar-refractivity contribution in [1.29, 1.82) is 0 Å².